The summed E-state index contributed by atoms with van der Waals surface area (Å²) in [5.74, 6) is -2.13. The fourth-order valence-electron chi connectivity index (χ4n) is 10.7. The van der Waals surface area contributed by atoms with Crippen molar-refractivity contribution < 1.29 is 80.2 Å². The second-order valence-corrected chi connectivity index (χ2v) is 28.2. The topological polar surface area (TPSA) is 237 Å². The van der Waals surface area contributed by atoms with Crippen LogP contribution in [0.15, 0.2) is 0 Å². The maximum absolute atomic E-state index is 13.0. The second-order valence-electron chi connectivity index (χ2n) is 25.3. The summed E-state index contributed by atoms with van der Waals surface area (Å²) < 4.78 is 68.0. The van der Waals surface area contributed by atoms with Crippen molar-refractivity contribution >= 4 is 39.5 Å². The van der Waals surface area contributed by atoms with E-state index in [-0.39, 0.29) is 25.7 Å². The average molecular weight is 1310 g/mol. The summed E-state index contributed by atoms with van der Waals surface area (Å²) in [7, 11) is -9.88. The van der Waals surface area contributed by atoms with Crippen molar-refractivity contribution in [2.24, 2.45) is 0 Å². The smallest absolute Gasteiger partial charge is 0.462 e. The third-order valence-electron chi connectivity index (χ3n) is 16.4. The lowest BCUT2D eigenvalue weighted by Crippen LogP contribution is -2.30. The zero-order valence-electron chi connectivity index (χ0n) is 57.4. The predicted octanol–water partition coefficient (Wildman–Crippen LogP) is 20.3. The second kappa shape index (κ2) is 64.8. The summed E-state index contributed by atoms with van der Waals surface area (Å²) in [5.41, 5.74) is 0. The molecule has 0 fully saturated rings. The molecular weight excluding hydrogens is 1170 g/mol. The number of unbranched alkanes of at least 4 members (excludes halogenated alkanes) is 45. The standard InChI is InChI=1S/C70H136O17P2/c1-5-9-13-17-21-23-25-27-29-31-32-33-35-37-39-41-45-49-53-57-70(75)87-66(61-81-68(73)55-51-47-44-40-38-36-34-30-28-26-24-22-18-14-10-6-2)63-85-89(78,79)83-59-64(71)58-82-88(76,77)84-62-65(86-69(74)56-52-48-43-20-16-12-8-4)60-80-67(72)54-50-46-42-19-15-11-7-3/h64-66,71H,5-63H2,1-4H3,(H,76,77)(H,78,79)/t64-,65+,66+/m0/s1. The maximum Gasteiger partial charge on any atom is 0.472 e. The molecule has 89 heavy (non-hydrogen) atoms. The molecule has 0 rings (SSSR count). The number of phosphoric ester groups is 2. The van der Waals surface area contributed by atoms with E-state index in [2.05, 4.69) is 27.7 Å². The van der Waals surface area contributed by atoms with Gasteiger partial charge >= 0.3 is 39.5 Å². The van der Waals surface area contributed by atoms with E-state index in [4.69, 9.17) is 37.0 Å². The Kier molecular flexibility index (Phi) is 63.3. The number of ether oxygens (including phenoxy) is 4. The number of aliphatic hydroxyl groups excluding tert-OH is 1. The van der Waals surface area contributed by atoms with Crippen molar-refractivity contribution in [2.45, 2.75) is 386 Å². The van der Waals surface area contributed by atoms with Crippen LogP contribution in [-0.2, 0) is 65.4 Å². The van der Waals surface area contributed by atoms with E-state index in [1.807, 2.05) is 0 Å². The average Bonchev–Trinajstić information content (AvgIpc) is 3.52. The minimum Gasteiger partial charge on any atom is -0.462 e. The Morgan fingerprint density at radius 1 is 0.270 bits per heavy atom. The van der Waals surface area contributed by atoms with Gasteiger partial charge in [0, 0.05) is 25.7 Å². The highest BCUT2D eigenvalue weighted by molar-refractivity contribution is 7.47. The molecule has 0 amide bonds. The fourth-order valence-corrected chi connectivity index (χ4v) is 12.3. The molecule has 0 aromatic heterocycles. The van der Waals surface area contributed by atoms with Gasteiger partial charge < -0.3 is 33.8 Å². The first-order chi connectivity index (χ1) is 43.2. The SMILES string of the molecule is CCCCCCCCCCCCCCCCCCCCCC(=O)O[C@H](COC(=O)CCCCCCCCCCCCCCCCCC)COP(=O)(O)OC[C@@H](O)COP(=O)(O)OC[C@@H](COC(=O)CCCCCCCCC)OC(=O)CCCCCCCCC. The molecule has 0 aromatic rings. The van der Waals surface area contributed by atoms with Crippen molar-refractivity contribution in [1.29, 1.82) is 0 Å². The number of hydrogen-bond donors (Lipinski definition) is 3. The van der Waals surface area contributed by atoms with E-state index in [9.17, 15) is 43.2 Å². The van der Waals surface area contributed by atoms with Gasteiger partial charge in [0.1, 0.15) is 19.3 Å². The van der Waals surface area contributed by atoms with Gasteiger partial charge in [-0.2, -0.15) is 0 Å². The van der Waals surface area contributed by atoms with Gasteiger partial charge in [-0.25, -0.2) is 9.13 Å². The molecule has 0 saturated heterocycles. The Morgan fingerprint density at radius 2 is 0.449 bits per heavy atom. The number of aliphatic hydroxyl groups is 1. The van der Waals surface area contributed by atoms with Crippen LogP contribution in [0, 0.1) is 0 Å². The van der Waals surface area contributed by atoms with Crippen LogP contribution in [0.3, 0.4) is 0 Å². The van der Waals surface area contributed by atoms with Crippen LogP contribution in [-0.4, -0.2) is 96.7 Å². The van der Waals surface area contributed by atoms with E-state index < -0.39 is 97.5 Å². The van der Waals surface area contributed by atoms with Crippen LogP contribution < -0.4 is 0 Å². The minimum absolute atomic E-state index is 0.104. The zero-order valence-corrected chi connectivity index (χ0v) is 59.2. The monoisotopic (exact) mass is 1310 g/mol. The first kappa shape index (κ1) is 87.1. The van der Waals surface area contributed by atoms with E-state index in [0.717, 1.165) is 116 Å². The van der Waals surface area contributed by atoms with Gasteiger partial charge in [0.15, 0.2) is 12.2 Å². The molecular formula is C70H136O17P2. The maximum atomic E-state index is 13.0. The summed E-state index contributed by atoms with van der Waals surface area (Å²) in [4.78, 5) is 72.2. The van der Waals surface area contributed by atoms with Crippen LogP contribution in [0.4, 0.5) is 0 Å². The van der Waals surface area contributed by atoms with Crippen molar-refractivity contribution in [2.75, 3.05) is 39.6 Å². The van der Waals surface area contributed by atoms with Gasteiger partial charge in [0.25, 0.3) is 0 Å². The van der Waals surface area contributed by atoms with Crippen molar-refractivity contribution in [3.05, 3.63) is 0 Å². The largest absolute Gasteiger partial charge is 0.472 e. The fraction of sp³-hybridized carbons (Fsp3) is 0.943. The highest BCUT2D eigenvalue weighted by atomic mass is 31.2. The number of phosphoric acid groups is 2. The van der Waals surface area contributed by atoms with E-state index in [1.54, 1.807) is 0 Å². The Labute approximate surface area is 543 Å². The first-order valence-electron chi connectivity index (χ1n) is 36.8. The molecule has 2 unspecified atom stereocenters. The Morgan fingerprint density at radius 3 is 0.663 bits per heavy atom. The van der Waals surface area contributed by atoms with Crippen LogP contribution in [0.25, 0.3) is 0 Å². The number of carbonyl (C=O) groups excluding carboxylic acids is 4. The molecule has 0 aliphatic rings. The van der Waals surface area contributed by atoms with Crippen LogP contribution in [0.2, 0.25) is 0 Å². The van der Waals surface area contributed by atoms with Crippen LogP contribution in [0.1, 0.15) is 368 Å². The molecule has 5 atom stereocenters. The predicted molar refractivity (Wildman–Crippen MR) is 359 cm³/mol. The van der Waals surface area contributed by atoms with Gasteiger partial charge in [0.2, 0.25) is 0 Å². The van der Waals surface area contributed by atoms with E-state index >= 15 is 0 Å². The highest BCUT2D eigenvalue weighted by Crippen LogP contribution is 2.45. The van der Waals surface area contributed by atoms with Crippen LogP contribution >= 0.6 is 15.6 Å². The summed E-state index contributed by atoms with van der Waals surface area (Å²) >= 11 is 0. The third-order valence-corrected chi connectivity index (χ3v) is 18.3. The molecule has 0 spiro atoms. The Bertz CT molecular complexity index is 1710. The number of rotatable bonds is 71. The Hall–Kier alpha value is -1.94. The molecule has 0 heterocycles. The minimum atomic E-state index is -4.95. The molecule has 0 aliphatic heterocycles. The van der Waals surface area contributed by atoms with Crippen molar-refractivity contribution in [3.63, 3.8) is 0 Å². The van der Waals surface area contributed by atoms with Crippen molar-refractivity contribution in [3.8, 4) is 0 Å². The van der Waals surface area contributed by atoms with Crippen molar-refractivity contribution in [1.82, 2.24) is 0 Å². The molecule has 0 aliphatic carbocycles. The molecule has 0 saturated carbocycles. The first-order valence-corrected chi connectivity index (χ1v) is 39.8. The highest BCUT2D eigenvalue weighted by Gasteiger charge is 2.30. The zero-order chi connectivity index (χ0) is 65.4. The summed E-state index contributed by atoms with van der Waals surface area (Å²) in [6, 6.07) is 0. The van der Waals surface area contributed by atoms with Gasteiger partial charge in [-0.15, -0.1) is 0 Å². The normalized spacial score (nSPS) is 14.0. The van der Waals surface area contributed by atoms with Gasteiger partial charge in [0.05, 0.1) is 26.4 Å². The molecule has 3 N–H and O–H groups in total. The van der Waals surface area contributed by atoms with Gasteiger partial charge in [-0.3, -0.25) is 37.3 Å². The summed E-state index contributed by atoms with van der Waals surface area (Å²) in [6.45, 7) is 4.86. The Balaban J connectivity index is 5.13. The lowest BCUT2D eigenvalue weighted by molar-refractivity contribution is -0.161. The van der Waals surface area contributed by atoms with Gasteiger partial charge in [-0.1, -0.05) is 317 Å². The summed E-state index contributed by atoms with van der Waals surface area (Å²) in [5, 5.41) is 10.5. The molecule has 17 nitrogen and oxygen atoms in total. The molecule has 0 radical (unpaired) electrons. The molecule has 528 valence electrons. The van der Waals surface area contributed by atoms with Gasteiger partial charge in [-0.05, 0) is 25.7 Å². The molecule has 0 bridgehead atoms. The number of hydrogen-bond acceptors (Lipinski definition) is 15. The third kappa shape index (κ3) is 64.6. The number of carbonyl (C=O) groups is 4. The quantitative estimate of drug-likeness (QED) is 0.0222. The van der Waals surface area contributed by atoms with Crippen LogP contribution in [0.5, 0.6) is 0 Å². The number of esters is 4. The van der Waals surface area contributed by atoms with E-state index in [0.29, 0.717) is 25.7 Å². The van der Waals surface area contributed by atoms with E-state index in [1.165, 1.54) is 173 Å². The summed E-state index contributed by atoms with van der Waals surface area (Å²) in [6.07, 6.45) is 53.1. The lowest BCUT2D eigenvalue weighted by Gasteiger charge is -2.21. The molecule has 19 heteroatoms. The molecule has 0 aromatic carbocycles. The lowest BCUT2D eigenvalue weighted by atomic mass is 10.0.